The van der Waals surface area contributed by atoms with Gasteiger partial charge in [0.2, 0.25) is 0 Å². The second-order valence-electron chi connectivity index (χ2n) is 7.85. The first kappa shape index (κ1) is 16.8. The molecule has 0 unspecified atom stereocenters. The minimum atomic E-state index is -0.0428. The SMILES string of the molecule is CC(C)c1nc2c(c(N3CCC(N4CCCC4)CC3)n1)CCNC2=O. The third kappa shape index (κ3) is 3.24. The van der Waals surface area contributed by atoms with Gasteiger partial charge in [-0.05, 0) is 45.2 Å². The van der Waals surface area contributed by atoms with Gasteiger partial charge in [0.05, 0.1) is 0 Å². The van der Waals surface area contributed by atoms with Gasteiger partial charge in [0.1, 0.15) is 17.3 Å². The van der Waals surface area contributed by atoms with Gasteiger partial charge in [-0.3, -0.25) is 4.79 Å². The second kappa shape index (κ2) is 6.90. The highest BCUT2D eigenvalue weighted by Crippen LogP contribution is 2.30. The first-order valence-electron chi connectivity index (χ1n) is 9.81. The Kier molecular flexibility index (Phi) is 4.63. The number of fused-ring (bicyclic) bond motifs is 1. The zero-order chi connectivity index (χ0) is 17.4. The molecule has 0 aliphatic carbocycles. The van der Waals surface area contributed by atoms with Crippen molar-refractivity contribution in [3.05, 3.63) is 17.1 Å². The van der Waals surface area contributed by atoms with Crippen molar-refractivity contribution < 1.29 is 4.79 Å². The Hall–Kier alpha value is -1.69. The summed E-state index contributed by atoms with van der Waals surface area (Å²) in [6.45, 7) is 9.47. The Bertz CT molecular complexity index is 645. The van der Waals surface area contributed by atoms with Gasteiger partial charge in [0.15, 0.2) is 0 Å². The predicted molar refractivity (Wildman–Crippen MR) is 98.2 cm³/mol. The van der Waals surface area contributed by atoms with Crippen LogP contribution in [-0.2, 0) is 6.42 Å². The number of carbonyl (C=O) groups is 1. The number of nitrogens with one attached hydrogen (secondary N) is 1. The molecule has 136 valence electrons. The summed E-state index contributed by atoms with van der Waals surface area (Å²) in [7, 11) is 0. The monoisotopic (exact) mass is 343 g/mol. The van der Waals surface area contributed by atoms with Crippen LogP contribution in [0.4, 0.5) is 5.82 Å². The van der Waals surface area contributed by atoms with E-state index < -0.39 is 0 Å². The van der Waals surface area contributed by atoms with Crippen LogP contribution in [-0.4, -0.2) is 59.5 Å². The number of rotatable bonds is 3. The number of hydrogen-bond donors (Lipinski definition) is 1. The summed E-state index contributed by atoms with van der Waals surface area (Å²) in [5, 5.41) is 2.92. The molecule has 0 saturated carbocycles. The van der Waals surface area contributed by atoms with Crippen molar-refractivity contribution in [2.45, 2.75) is 57.9 Å². The predicted octanol–water partition coefficient (Wildman–Crippen LogP) is 1.95. The Morgan fingerprint density at radius 3 is 2.48 bits per heavy atom. The molecule has 0 bridgehead atoms. The van der Waals surface area contributed by atoms with Crippen molar-refractivity contribution in [1.29, 1.82) is 0 Å². The summed E-state index contributed by atoms with van der Waals surface area (Å²) in [5.74, 6) is 1.98. The molecule has 2 fully saturated rings. The number of likely N-dealkylation sites (tertiary alicyclic amines) is 1. The number of amides is 1. The summed E-state index contributed by atoms with van der Waals surface area (Å²) in [5.41, 5.74) is 1.65. The summed E-state index contributed by atoms with van der Waals surface area (Å²) in [6, 6.07) is 0.726. The van der Waals surface area contributed by atoms with Crippen LogP contribution in [0, 0.1) is 0 Å². The lowest BCUT2D eigenvalue weighted by Gasteiger charge is -2.38. The molecule has 0 aromatic carbocycles. The van der Waals surface area contributed by atoms with E-state index in [1.165, 1.54) is 38.8 Å². The Balaban J connectivity index is 1.58. The topological polar surface area (TPSA) is 61.4 Å². The summed E-state index contributed by atoms with van der Waals surface area (Å²) in [6.07, 6.45) is 5.93. The summed E-state index contributed by atoms with van der Waals surface area (Å²) in [4.78, 5) is 26.8. The highest BCUT2D eigenvalue weighted by Gasteiger charge is 2.31. The third-order valence-corrected chi connectivity index (χ3v) is 5.82. The molecule has 0 atom stereocenters. The number of aromatic nitrogens is 2. The minimum Gasteiger partial charge on any atom is -0.356 e. The van der Waals surface area contributed by atoms with Crippen LogP contribution in [0.25, 0.3) is 0 Å². The number of hydrogen-bond acceptors (Lipinski definition) is 5. The van der Waals surface area contributed by atoms with E-state index in [4.69, 9.17) is 4.98 Å². The normalized spacial score (nSPS) is 22.4. The maximum absolute atomic E-state index is 12.3. The maximum Gasteiger partial charge on any atom is 0.270 e. The number of carbonyl (C=O) groups excluding carboxylic acids is 1. The van der Waals surface area contributed by atoms with Gasteiger partial charge in [0.25, 0.3) is 5.91 Å². The highest BCUT2D eigenvalue weighted by molar-refractivity contribution is 5.96. The minimum absolute atomic E-state index is 0.0428. The van der Waals surface area contributed by atoms with E-state index in [1.807, 2.05) is 0 Å². The lowest BCUT2D eigenvalue weighted by Crippen LogP contribution is -2.45. The van der Waals surface area contributed by atoms with Crippen LogP contribution in [0.5, 0.6) is 0 Å². The quantitative estimate of drug-likeness (QED) is 0.909. The lowest BCUT2D eigenvalue weighted by atomic mass is 10.0. The van der Waals surface area contributed by atoms with Gasteiger partial charge in [-0.2, -0.15) is 0 Å². The van der Waals surface area contributed by atoms with Gasteiger partial charge >= 0.3 is 0 Å². The van der Waals surface area contributed by atoms with Crippen molar-refractivity contribution in [3.8, 4) is 0 Å². The average Bonchev–Trinajstić information content (AvgIpc) is 3.16. The van der Waals surface area contributed by atoms with E-state index in [-0.39, 0.29) is 11.8 Å². The molecule has 25 heavy (non-hydrogen) atoms. The van der Waals surface area contributed by atoms with Gasteiger partial charge in [0, 0.05) is 37.2 Å². The molecule has 1 amide bonds. The van der Waals surface area contributed by atoms with Crippen molar-refractivity contribution in [2.75, 3.05) is 37.6 Å². The Morgan fingerprint density at radius 1 is 1.08 bits per heavy atom. The molecule has 3 aliphatic heterocycles. The fourth-order valence-electron chi connectivity index (χ4n) is 4.36. The molecule has 1 N–H and O–H groups in total. The van der Waals surface area contributed by atoms with E-state index in [2.05, 4.69) is 33.9 Å². The number of nitrogens with zero attached hydrogens (tertiary/aromatic N) is 4. The van der Waals surface area contributed by atoms with E-state index in [9.17, 15) is 4.79 Å². The van der Waals surface area contributed by atoms with E-state index in [0.717, 1.165) is 42.8 Å². The third-order valence-electron chi connectivity index (χ3n) is 5.82. The molecular formula is C19H29N5O. The van der Waals surface area contributed by atoms with Crippen molar-refractivity contribution >= 4 is 11.7 Å². The first-order valence-corrected chi connectivity index (χ1v) is 9.81. The van der Waals surface area contributed by atoms with Gasteiger partial charge in [-0.25, -0.2) is 9.97 Å². The van der Waals surface area contributed by atoms with Crippen LogP contribution in [0.15, 0.2) is 0 Å². The van der Waals surface area contributed by atoms with Crippen molar-refractivity contribution in [2.24, 2.45) is 0 Å². The second-order valence-corrected chi connectivity index (χ2v) is 7.85. The molecule has 4 rings (SSSR count). The summed E-state index contributed by atoms with van der Waals surface area (Å²) < 4.78 is 0. The fraction of sp³-hybridized carbons (Fsp3) is 0.737. The van der Waals surface area contributed by atoms with Crippen LogP contribution >= 0.6 is 0 Å². The smallest absolute Gasteiger partial charge is 0.270 e. The van der Waals surface area contributed by atoms with Crippen LogP contribution in [0.3, 0.4) is 0 Å². The molecule has 6 heteroatoms. The molecule has 6 nitrogen and oxygen atoms in total. The molecule has 4 heterocycles. The largest absolute Gasteiger partial charge is 0.356 e. The van der Waals surface area contributed by atoms with E-state index in [0.29, 0.717) is 12.2 Å². The number of piperidine rings is 1. The van der Waals surface area contributed by atoms with Crippen molar-refractivity contribution in [1.82, 2.24) is 20.2 Å². The highest BCUT2D eigenvalue weighted by atomic mass is 16.1. The zero-order valence-electron chi connectivity index (χ0n) is 15.4. The van der Waals surface area contributed by atoms with Crippen LogP contribution in [0.2, 0.25) is 0 Å². The molecule has 3 aliphatic rings. The Morgan fingerprint density at radius 2 is 1.80 bits per heavy atom. The molecule has 1 aromatic rings. The number of anilines is 1. The summed E-state index contributed by atoms with van der Waals surface area (Å²) >= 11 is 0. The standard InChI is InChI=1S/C19H29N5O/c1-13(2)17-21-16-15(5-8-20-19(16)25)18(22-17)24-11-6-14(7-12-24)23-9-3-4-10-23/h13-14H,3-12H2,1-2H3,(H,20,25). The van der Waals surface area contributed by atoms with E-state index >= 15 is 0 Å². The van der Waals surface area contributed by atoms with Gasteiger partial charge in [-0.1, -0.05) is 13.8 Å². The molecule has 0 spiro atoms. The van der Waals surface area contributed by atoms with Crippen LogP contribution < -0.4 is 10.2 Å². The van der Waals surface area contributed by atoms with Crippen molar-refractivity contribution in [3.63, 3.8) is 0 Å². The van der Waals surface area contributed by atoms with Gasteiger partial charge in [-0.15, -0.1) is 0 Å². The molecule has 0 radical (unpaired) electrons. The van der Waals surface area contributed by atoms with E-state index in [1.54, 1.807) is 0 Å². The molecule has 1 aromatic heterocycles. The lowest BCUT2D eigenvalue weighted by molar-refractivity contribution is 0.0940. The first-order chi connectivity index (χ1) is 12.1. The molecular weight excluding hydrogens is 314 g/mol. The molecule has 2 saturated heterocycles. The Labute approximate surface area is 150 Å². The zero-order valence-corrected chi connectivity index (χ0v) is 15.4. The average molecular weight is 343 g/mol. The van der Waals surface area contributed by atoms with Gasteiger partial charge < -0.3 is 15.1 Å². The maximum atomic E-state index is 12.3. The van der Waals surface area contributed by atoms with Crippen LogP contribution in [0.1, 0.15) is 67.3 Å². The fourth-order valence-corrected chi connectivity index (χ4v) is 4.36.